The molecule has 3 aromatic rings. The van der Waals surface area contributed by atoms with E-state index in [-0.39, 0.29) is 22.5 Å². The first-order valence-electron chi connectivity index (χ1n) is 15.1. The summed E-state index contributed by atoms with van der Waals surface area (Å²) in [6, 6.07) is 12.9. The molecule has 1 nitrogen and oxygen atoms in total. The summed E-state index contributed by atoms with van der Waals surface area (Å²) in [6.45, 7) is 15.0. The average Bonchev–Trinajstić information content (AvgIpc) is 2.95. The lowest BCUT2D eigenvalue weighted by Crippen LogP contribution is -2.23. The van der Waals surface area contributed by atoms with Crippen molar-refractivity contribution in [1.82, 2.24) is 0 Å². The molecule has 0 radical (unpaired) electrons. The zero-order valence-electron chi connectivity index (χ0n) is 25.9. The van der Waals surface area contributed by atoms with Crippen molar-refractivity contribution in [3.05, 3.63) is 81.9 Å². The molecule has 226 valence electrons. The number of rotatable bonds is 10. The van der Waals surface area contributed by atoms with Crippen LogP contribution in [0.5, 0.6) is 0 Å². The average molecular weight is 598 g/mol. The van der Waals surface area contributed by atoms with Crippen LogP contribution in [0, 0.1) is 36.1 Å². The molecule has 1 aliphatic heterocycles. The van der Waals surface area contributed by atoms with Crippen molar-refractivity contribution in [3.8, 4) is 0 Å². The Morgan fingerprint density at radius 1 is 0.810 bits per heavy atom. The number of unbranched alkanes of at least 4 members (excludes halogenated alkanes) is 5. The smallest absolute Gasteiger partial charge is 0.198 e. The molecule has 0 fully saturated rings. The highest BCUT2D eigenvalue weighted by Gasteiger charge is 2.27. The number of nitrogens with zero attached hydrogens (tertiary/aromatic N) is 1. The van der Waals surface area contributed by atoms with Crippen LogP contribution in [-0.4, -0.2) is 6.54 Å². The van der Waals surface area contributed by atoms with Gasteiger partial charge < -0.3 is 4.90 Å². The van der Waals surface area contributed by atoms with Gasteiger partial charge in [0.2, 0.25) is 0 Å². The van der Waals surface area contributed by atoms with Crippen molar-refractivity contribution < 1.29 is 17.6 Å². The van der Waals surface area contributed by atoms with E-state index in [9.17, 15) is 17.6 Å². The predicted molar refractivity (Wildman–Crippen MR) is 170 cm³/mol. The first kappa shape index (κ1) is 32.2. The summed E-state index contributed by atoms with van der Waals surface area (Å²) >= 11 is 1.72. The summed E-state index contributed by atoms with van der Waals surface area (Å²) in [5.41, 5.74) is 4.67. The second kappa shape index (κ2) is 13.3. The topological polar surface area (TPSA) is 3.24 Å². The van der Waals surface area contributed by atoms with E-state index in [1.54, 1.807) is 11.8 Å². The predicted octanol–water partition coefficient (Wildman–Crippen LogP) is 12.0. The minimum atomic E-state index is -1.79. The van der Waals surface area contributed by atoms with E-state index < -0.39 is 23.3 Å². The van der Waals surface area contributed by atoms with Crippen LogP contribution in [0.15, 0.2) is 46.2 Å². The third-order valence-electron chi connectivity index (χ3n) is 8.13. The van der Waals surface area contributed by atoms with Gasteiger partial charge in [-0.25, -0.2) is 17.6 Å². The summed E-state index contributed by atoms with van der Waals surface area (Å²) in [5.74, 6) is -6.38. The Balaban J connectivity index is 1.76. The first-order valence-corrected chi connectivity index (χ1v) is 15.9. The fraction of sp³-hybridized carbons (Fsp3) is 0.444. The third-order valence-corrected chi connectivity index (χ3v) is 9.22. The Kier molecular flexibility index (Phi) is 10.2. The summed E-state index contributed by atoms with van der Waals surface area (Å²) in [5, 5.41) is 0. The van der Waals surface area contributed by atoms with Crippen molar-refractivity contribution in [2.45, 2.75) is 102 Å². The van der Waals surface area contributed by atoms with Crippen molar-refractivity contribution in [1.29, 1.82) is 0 Å². The molecular weight excluding hydrogens is 554 g/mol. The number of allylic oxidation sites excluding steroid dienone is 1. The molecule has 0 saturated heterocycles. The van der Waals surface area contributed by atoms with Gasteiger partial charge in [-0.15, -0.1) is 0 Å². The normalized spacial score (nSPS) is 13.5. The number of hydrogen-bond acceptors (Lipinski definition) is 2. The summed E-state index contributed by atoms with van der Waals surface area (Å²) in [7, 11) is 0. The van der Waals surface area contributed by atoms with Crippen LogP contribution in [-0.2, 0) is 5.41 Å². The zero-order valence-corrected chi connectivity index (χ0v) is 26.8. The maximum absolute atomic E-state index is 14.8. The van der Waals surface area contributed by atoms with Crippen LogP contribution in [0.25, 0.3) is 11.6 Å². The maximum Gasteiger partial charge on any atom is 0.198 e. The molecule has 0 atom stereocenters. The molecule has 42 heavy (non-hydrogen) atoms. The van der Waals surface area contributed by atoms with Gasteiger partial charge in [0.15, 0.2) is 23.3 Å². The number of hydrogen-bond donors (Lipinski definition) is 0. The molecule has 4 rings (SSSR count). The first-order chi connectivity index (χ1) is 19.8. The minimum absolute atomic E-state index is 0.0109. The Hall–Kier alpha value is -2.73. The van der Waals surface area contributed by atoms with Crippen LogP contribution in [0.1, 0.15) is 102 Å². The van der Waals surface area contributed by atoms with E-state index in [0.717, 1.165) is 34.7 Å². The molecule has 0 aromatic heterocycles. The fourth-order valence-electron chi connectivity index (χ4n) is 5.49. The molecule has 3 aromatic carbocycles. The molecule has 1 aliphatic rings. The second-order valence-electron chi connectivity index (χ2n) is 12.7. The zero-order chi connectivity index (χ0) is 30.8. The lowest BCUT2D eigenvalue weighted by atomic mass is 9.87. The fourth-order valence-corrected chi connectivity index (χ4v) is 6.67. The molecule has 0 spiro atoms. The van der Waals surface area contributed by atoms with E-state index in [2.05, 4.69) is 62.9 Å². The van der Waals surface area contributed by atoms with Crippen LogP contribution < -0.4 is 4.90 Å². The van der Waals surface area contributed by atoms with Gasteiger partial charge >= 0.3 is 0 Å². The van der Waals surface area contributed by atoms with Crippen LogP contribution in [0.2, 0.25) is 0 Å². The van der Waals surface area contributed by atoms with E-state index in [1.807, 2.05) is 19.9 Å². The number of anilines is 2. The third kappa shape index (κ3) is 6.74. The lowest BCUT2D eigenvalue weighted by molar-refractivity contribution is 0.405. The van der Waals surface area contributed by atoms with Crippen molar-refractivity contribution >= 4 is 34.8 Å². The monoisotopic (exact) mass is 597 g/mol. The quantitative estimate of drug-likeness (QED) is 0.0752. The summed E-state index contributed by atoms with van der Waals surface area (Å²) in [4.78, 5) is 4.68. The van der Waals surface area contributed by atoms with E-state index in [4.69, 9.17) is 0 Å². The van der Waals surface area contributed by atoms with Gasteiger partial charge in [0.05, 0.1) is 11.4 Å². The second-order valence-corrected chi connectivity index (χ2v) is 13.8. The molecule has 0 aliphatic carbocycles. The van der Waals surface area contributed by atoms with Gasteiger partial charge in [-0.1, -0.05) is 97.5 Å². The molecule has 0 N–H and O–H groups in total. The van der Waals surface area contributed by atoms with Crippen molar-refractivity contribution in [2.24, 2.45) is 5.92 Å². The Morgan fingerprint density at radius 2 is 1.40 bits per heavy atom. The van der Waals surface area contributed by atoms with E-state index >= 15 is 0 Å². The SMILES string of the molecule is CCCCCCCCN1c2ccc(/C(=C/c3c(C)c(F)c(F)c(F)c3F)C(C)C)cc2Sc2cc(C(C)(C)C)ccc21. The van der Waals surface area contributed by atoms with Gasteiger partial charge in [0.1, 0.15) is 0 Å². The van der Waals surface area contributed by atoms with Gasteiger partial charge in [0, 0.05) is 21.9 Å². The molecule has 0 amide bonds. The number of fused-ring (bicyclic) bond motifs is 2. The molecule has 0 unspecified atom stereocenters. The van der Waals surface area contributed by atoms with Gasteiger partial charge in [0.25, 0.3) is 0 Å². The molecular formula is C36H43F4NS. The summed E-state index contributed by atoms with van der Waals surface area (Å²) in [6.07, 6.45) is 8.75. The molecule has 6 heteroatoms. The molecule has 0 bridgehead atoms. The van der Waals surface area contributed by atoms with E-state index in [1.165, 1.54) is 61.3 Å². The highest BCUT2D eigenvalue weighted by molar-refractivity contribution is 7.99. The molecule has 0 saturated carbocycles. The van der Waals surface area contributed by atoms with Crippen LogP contribution >= 0.6 is 11.8 Å². The minimum Gasteiger partial charge on any atom is -0.340 e. The number of benzene rings is 3. The number of halogens is 4. The van der Waals surface area contributed by atoms with Crippen LogP contribution in [0.4, 0.5) is 28.9 Å². The Bertz CT molecular complexity index is 1440. The van der Waals surface area contributed by atoms with Gasteiger partial charge in [-0.05, 0) is 77.3 Å². The maximum atomic E-state index is 14.8. The van der Waals surface area contributed by atoms with Crippen molar-refractivity contribution in [2.75, 3.05) is 11.4 Å². The molecule has 1 heterocycles. The van der Waals surface area contributed by atoms with Crippen molar-refractivity contribution in [3.63, 3.8) is 0 Å². The van der Waals surface area contributed by atoms with E-state index in [0.29, 0.717) is 0 Å². The van der Waals surface area contributed by atoms with Crippen LogP contribution in [0.3, 0.4) is 0 Å². The standard InChI is InChI=1S/C36H43F4NS/c1-8-9-10-11-12-13-18-41-28-16-14-24(19-30(28)42-31-20-25(36(5,6)7)15-17-29(31)41)26(22(2)3)21-27-23(4)32(37)34(39)35(40)33(27)38/h14-17,19-22H,8-13,18H2,1-7H3/b26-21+. The largest absolute Gasteiger partial charge is 0.340 e. The Morgan fingerprint density at radius 3 is 2.05 bits per heavy atom. The van der Waals surface area contributed by atoms with Gasteiger partial charge in [-0.2, -0.15) is 0 Å². The Labute approximate surface area is 253 Å². The van der Waals surface area contributed by atoms with Gasteiger partial charge in [-0.3, -0.25) is 0 Å². The highest BCUT2D eigenvalue weighted by Crippen LogP contribution is 2.50. The lowest BCUT2D eigenvalue weighted by Gasteiger charge is -2.34. The highest BCUT2D eigenvalue weighted by atomic mass is 32.2. The summed E-state index contributed by atoms with van der Waals surface area (Å²) < 4.78 is 57.2.